The Morgan fingerprint density at radius 3 is 1.95 bits per heavy atom. The molecule has 1 nitrogen and oxygen atoms in total. The van der Waals surface area contributed by atoms with E-state index in [1.807, 2.05) is 40.9 Å². The van der Waals surface area contributed by atoms with Gasteiger partial charge in [-0.15, -0.1) is 22.7 Å². The molecule has 6 aromatic carbocycles. The van der Waals surface area contributed by atoms with E-state index in [0.717, 1.165) is 11.1 Å². The molecule has 8 rings (SSSR count). The average molecular weight is 544 g/mol. The molecule has 0 aliphatic heterocycles. The van der Waals surface area contributed by atoms with E-state index >= 15 is 0 Å². The van der Waals surface area contributed by atoms with Gasteiger partial charge in [0.1, 0.15) is 0 Å². The highest BCUT2D eigenvalue weighted by Gasteiger charge is 2.18. The first-order valence-corrected chi connectivity index (χ1v) is 14.9. The number of benzene rings is 6. The third-order valence-electron chi connectivity index (χ3n) is 7.73. The minimum atomic E-state index is 0.665. The van der Waals surface area contributed by atoms with Gasteiger partial charge >= 0.3 is 0 Å². The van der Waals surface area contributed by atoms with Gasteiger partial charge in [0.15, 0.2) is 0 Å². The maximum absolute atomic E-state index is 9.74. The van der Waals surface area contributed by atoms with Crippen LogP contribution in [-0.2, 0) is 0 Å². The largest absolute Gasteiger partial charge is 0.192 e. The molecule has 8 aromatic rings. The lowest BCUT2D eigenvalue weighted by atomic mass is 9.86. The zero-order valence-corrected chi connectivity index (χ0v) is 23.0. The highest BCUT2D eigenvalue weighted by molar-refractivity contribution is 7.26. The number of fused-ring (bicyclic) bond motifs is 6. The van der Waals surface area contributed by atoms with Gasteiger partial charge in [0.05, 0.1) is 11.6 Å². The number of hydrogen-bond acceptors (Lipinski definition) is 3. The Labute approximate surface area is 239 Å². The van der Waals surface area contributed by atoms with Gasteiger partial charge < -0.3 is 0 Å². The number of hydrogen-bond donors (Lipinski definition) is 0. The molecule has 0 amide bonds. The van der Waals surface area contributed by atoms with E-state index < -0.39 is 0 Å². The molecule has 0 saturated heterocycles. The SMILES string of the molecule is N#Cc1cccc(-c2c(-c3ccc4c(c3)sc3ccccc34)cccc2-c2cccc3c2sc2ccccc23)c1. The van der Waals surface area contributed by atoms with Crippen LogP contribution in [0.25, 0.3) is 73.7 Å². The van der Waals surface area contributed by atoms with Gasteiger partial charge in [0, 0.05) is 45.9 Å². The quantitative estimate of drug-likeness (QED) is 0.217. The molecular weight excluding hydrogens is 523 g/mol. The third kappa shape index (κ3) is 3.58. The molecule has 0 saturated carbocycles. The van der Waals surface area contributed by atoms with Gasteiger partial charge in [-0.05, 0) is 58.1 Å². The summed E-state index contributed by atoms with van der Waals surface area (Å²) in [7, 11) is 0. The van der Waals surface area contributed by atoms with E-state index in [4.69, 9.17) is 0 Å². The van der Waals surface area contributed by atoms with Crippen LogP contribution in [0.2, 0.25) is 0 Å². The first-order valence-electron chi connectivity index (χ1n) is 13.2. The van der Waals surface area contributed by atoms with Crippen molar-refractivity contribution in [1.82, 2.24) is 0 Å². The topological polar surface area (TPSA) is 23.8 Å². The Hall–Kier alpha value is -4.75. The standard InChI is InChI=1S/C37H21NS2/c38-22-23-8-5-9-25(20-23)36-26(24-18-19-29-27-10-1-3-16-33(27)39-35(29)21-24)12-6-13-30(36)32-15-7-14-31-28-11-2-4-17-34(28)40-37(31)32/h1-21H. The summed E-state index contributed by atoms with van der Waals surface area (Å²) in [5.41, 5.74) is 7.64. The van der Waals surface area contributed by atoms with E-state index in [9.17, 15) is 5.26 Å². The van der Waals surface area contributed by atoms with E-state index in [0.29, 0.717) is 5.56 Å². The number of nitrogens with zero attached hydrogens (tertiary/aromatic N) is 1. The van der Waals surface area contributed by atoms with Crippen molar-refractivity contribution in [3.05, 3.63) is 133 Å². The molecule has 0 radical (unpaired) electrons. The second-order valence-corrected chi connectivity index (χ2v) is 12.1. The molecule has 2 heterocycles. The van der Waals surface area contributed by atoms with Crippen LogP contribution in [0, 0.1) is 11.3 Å². The highest BCUT2D eigenvalue weighted by Crippen LogP contribution is 2.46. The first-order chi connectivity index (χ1) is 19.8. The summed E-state index contributed by atoms with van der Waals surface area (Å²) in [5.74, 6) is 0. The molecule has 0 atom stereocenters. The Bertz CT molecular complexity index is 2290. The molecule has 0 bridgehead atoms. The maximum Gasteiger partial charge on any atom is 0.0991 e. The number of thiophene rings is 2. The molecule has 40 heavy (non-hydrogen) atoms. The second-order valence-electron chi connectivity index (χ2n) is 10.0. The highest BCUT2D eigenvalue weighted by atomic mass is 32.1. The fourth-order valence-corrected chi connectivity index (χ4v) is 8.30. The van der Waals surface area contributed by atoms with Crippen molar-refractivity contribution in [3.8, 4) is 39.4 Å². The van der Waals surface area contributed by atoms with Crippen LogP contribution in [0.15, 0.2) is 127 Å². The van der Waals surface area contributed by atoms with Gasteiger partial charge in [-0.3, -0.25) is 0 Å². The van der Waals surface area contributed by atoms with Gasteiger partial charge in [-0.25, -0.2) is 0 Å². The fraction of sp³-hybridized carbons (Fsp3) is 0. The molecule has 0 spiro atoms. The molecule has 186 valence electrons. The summed E-state index contributed by atoms with van der Waals surface area (Å²) in [6.45, 7) is 0. The fourth-order valence-electron chi connectivity index (χ4n) is 5.93. The molecule has 3 heteroatoms. The van der Waals surface area contributed by atoms with Crippen LogP contribution >= 0.6 is 22.7 Å². The minimum absolute atomic E-state index is 0.665. The zero-order valence-electron chi connectivity index (χ0n) is 21.4. The Kier molecular flexibility index (Phi) is 5.31. The number of nitriles is 1. The molecule has 2 aromatic heterocycles. The molecule has 0 unspecified atom stereocenters. The predicted molar refractivity (Wildman–Crippen MR) is 173 cm³/mol. The molecule has 0 N–H and O–H groups in total. The average Bonchev–Trinajstić information content (AvgIpc) is 3.58. The Balaban J connectivity index is 1.43. The summed E-state index contributed by atoms with van der Waals surface area (Å²) in [6, 6.07) is 47.7. The molecular formula is C37H21NS2. The van der Waals surface area contributed by atoms with E-state index in [1.165, 1.54) is 62.6 Å². The van der Waals surface area contributed by atoms with E-state index in [2.05, 4.69) is 115 Å². The smallest absolute Gasteiger partial charge is 0.0991 e. The van der Waals surface area contributed by atoms with Gasteiger partial charge in [-0.2, -0.15) is 5.26 Å². The lowest BCUT2D eigenvalue weighted by Crippen LogP contribution is -1.91. The molecule has 0 fully saturated rings. The first kappa shape index (κ1) is 23.2. The Morgan fingerprint density at radius 2 is 1.10 bits per heavy atom. The van der Waals surface area contributed by atoms with Crippen molar-refractivity contribution < 1.29 is 0 Å². The molecule has 0 aliphatic carbocycles. The minimum Gasteiger partial charge on any atom is -0.192 e. The van der Waals surface area contributed by atoms with Crippen LogP contribution < -0.4 is 0 Å². The maximum atomic E-state index is 9.74. The Morgan fingerprint density at radius 1 is 0.450 bits per heavy atom. The van der Waals surface area contributed by atoms with Gasteiger partial charge in [-0.1, -0.05) is 97.1 Å². The number of rotatable bonds is 3. The summed E-state index contributed by atoms with van der Waals surface area (Å²) < 4.78 is 5.18. The van der Waals surface area contributed by atoms with Crippen LogP contribution in [0.3, 0.4) is 0 Å². The van der Waals surface area contributed by atoms with Crippen molar-refractivity contribution in [1.29, 1.82) is 5.26 Å². The summed E-state index contributed by atoms with van der Waals surface area (Å²) >= 11 is 3.69. The van der Waals surface area contributed by atoms with Crippen molar-refractivity contribution in [3.63, 3.8) is 0 Å². The third-order valence-corrected chi connectivity index (χ3v) is 10.1. The monoisotopic (exact) mass is 543 g/mol. The summed E-state index contributed by atoms with van der Waals surface area (Å²) in [5, 5.41) is 14.9. The normalized spacial score (nSPS) is 11.5. The van der Waals surface area contributed by atoms with Crippen LogP contribution in [0.1, 0.15) is 5.56 Å². The second kappa shape index (κ2) is 9.17. The van der Waals surface area contributed by atoms with E-state index in [-0.39, 0.29) is 0 Å². The van der Waals surface area contributed by atoms with Crippen molar-refractivity contribution in [2.75, 3.05) is 0 Å². The van der Waals surface area contributed by atoms with Gasteiger partial charge in [0.2, 0.25) is 0 Å². The summed E-state index contributed by atoms with van der Waals surface area (Å²) in [6.07, 6.45) is 0. The van der Waals surface area contributed by atoms with Crippen molar-refractivity contribution in [2.45, 2.75) is 0 Å². The lowest BCUT2D eigenvalue weighted by molar-refractivity contribution is 1.48. The van der Waals surface area contributed by atoms with Crippen LogP contribution in [0.4, 0.5) is 0 Å². The predicted octanol–water partition coefficient (Wildman–Crippen LogP) is 11.3. The van der Waals surface area contributed by atoms with Gasteiger partial charge in [0.25, 0.3) is 0 Å². The molecule has 0 aliphatic rings. The van der Waals surface area contributed by atoms with Crippen LogP contribution in [-0.4, -0.2) is 0 Å². The van der Waals surface area contributed by atoms with Crippen molar-refractivity contribution >= 4 is 63.0 Å². The van der Waals surface area contributed by atoms with E-state index in [1.54, 1.807) is 0 Å². The summed E-state index contributed by atoms with van der Waals surface area (Å²) in [4.78, 5) is 0. The lowest BCUT2D eigenvalue weighted by Gasteiger charge is -2.17. The van der Waals surface area contributed by atoms with Crippen LogP contribution in [0.5, 0.6) is 0 Å². The zero-order chi connectivity index (χ0) is 26.6. The van der Waals surface area contributed by atoms with Crippen molar-refractivity contribution in [2.24, 2.45) is 0 Å².